The molecule has 0 bridgehead atoms. The summed E-state index contributed by atoms with van der Waals surface area (Å²) in [5.74, 6) is 0.114. The Kier molecular flexibility index (Phi) is 6.99. The maximum absolute atomic E-state index is 13.4. The van der Waals surface area contributed by atoms with Crippen molar-refractivity contribution in [3.05, 3.63) is 35.9 Å². The first-order chi connectivity index (χ1) is 13.3. The van der Waals surface area contributed by atoms with Crippen molar-refractivity contribution < 1.29 is 14.3 Å². The Morgan fingerprint density at radius 2 is 1.62 bits per heavy atom. The topological polar surface area (TPSA) is 53.1 Å². The minimum absolute atomic E-state index is 0.0867. The van der Waals surface area contributed by atoms with Gasteiger partial charge in [0.05, 0.1) is 11.5 Å². The molecule has 2 atom stereocenters. The van der Waals surface area contributed by atoms with Gasteiger partial charge >= 0.3 is 6.09 Å². The van der Waals surface area contributed by atoms with Crippen LogP contribution in [0.1, 0.15) is 53.1 Å². The number of hydrogen-bond acceptors (Lipinski definition) is 4. The second kappa shape index (κ2) is 8.74. The van der Waals surface area contributed by atoms with Gasteiger partial charge in [0.15, 0.2) is 0 Å². The maximum atomic E-state index is 13.4. The summed E-state index contributed by atoms with van der Waals surface area (Å²) in [6.45, 7) is 13.2. The standard InChI is InChI=1S/C23H37N3O3/c1-17-14-26(21(28)29-22(2,3)4)19(18-12-10-9-11-13-18)15-25(17)20(27)23(5,6)16-24(7)8/h9-13,17,19H,14-16H2,1-8H3/t17-,19-/m1/s1. The molecule has 1 aromatic rings. The highest BCUT2D eigenvalue weighted by Crippen LogP contribution is 2.32. The monoisotopic (exact) mass is 403 g/mol. The molecule has 1 aromatic carbocycles. The van der Waals surface area contributed by atoms with Gasteiger partial charge in [-0.15, -0.1) is 0 Å². The molecule has 0 aliphatic carbocycles. The number of hydrogen-bond donors (Lipinski definition) is 0. The SMILES string of the molecule is C[C@@H]1CN(C(=O)OC(C)(C)C)[C@@H](c2ccccc2)CN1C(=O)C(C)(C)CN(C)C. The Morgan fingerprint density at radius 1 is 1.03 bits per heavy atom. The van der Waals surface area contributed by atoms with Crippen molar-refractivity contribution in [2.45, 2.75) is 59.2 Å². The van der Waals surface area contributed by atoms with Gasteiger partial charge < -0.3 is 14.5 Å². The average molecular weight is 404 g/mol. The Balaban J connectivity index is 2.33. The normalized spacial score (nSPS) is 20.7. The Morgan fingerprint density at radius 3 is 2.14 bits per heavy atom. The van der Waals surface area contributed by atoms with E-state index in [0.717, 1.165) is 5.56 Å². The van der Waals surface area contributed by atoms with Crippen LogP contribution in [0.2, 0.25) is 0 Å². The van der Waals surface area contributed by atoms with Crippen LogP contribution in [0, 0.1) is 5.41 Å². The summed E-state index contributed by atoms with van der Waals surface area (Å²) in [5.41, 5.74) is -0.0663. The van der Waals surface area contributed by atoms with Gasteiger partial charge in [0.1, 0.15) is 5.60 Å². The smallest absolute Gasteiger partial charge is 0.410 e. The fourth-order valence-electron chi connectivity index (χ4n) is 3.99. The van der Waals surface area contributed by atoms with Crippen molar-refractivity contribution in [3.63, 3.8) is 0 Å². The lowest BCUT2D eigenvalue weighted by molar-refractivity contribution is -0.147. The van der Waals surface area contributed by atoms with Crippen LogP contribution in [0.3, 0.4) is 0 Å². The van der Waals surface area contributed by atoms with Crippen LogP contribution in [0.5, 0.6) is 0 Å². The van der Waals surface area contributed by atoms with Crippen LogP contribution in [-0.2, 0) is 9.53 Å². The molecule has 2 rings (SSSR count). The number of carbonyl (C=O) groups excluding carboxylic acids is 2. The molecule has 162 valence electrons. The summed E-state index contributed by atoms with van der Waals surface area (Å²) in [6.07, 6.45) is -0.335. The number of benzene rings is 1. The summed E-state index contributed by atoms with van der Waals surface area (Å²) in [6, 6.07) is 9.57. The summed E-state index contributed by atoms with van der Waals surface area (Å²) in [7, 11) is 3.96. The molecule has 1 heterocycles. The lowest BCUT2D eigenvalue weighted by atomic mass is 9.88. The predicted octanol–water partition coefficient (Wildman–Crippen LogP) is 3.78. The van der Waals surface area contributed by atoms with Gasteiger partial charge in [-0.2, -0.15) is 0 Å². The Hall–Kier alpha value is -2.08. The number of nitrogens with zero attached hydrogens (tertiary/aromatic N) is 3. The fraction of sp³-hybridized carbons (Fsp3) is 0.652. The van der Waals surface area contributed by atoms with Gasteiger partial charge in [0.25, 0.3) is 0 Å². The molecule has 1 saturated heterocycles. The molecule has 0 unspecified atom stereocenters. The molecule has 6 heteroatoms. The summed E-state index contributed by atoms with van der Waals surface area (Å²) in [4.78, 5) is 32.1. The van der Waals surface area contributed by atoms with E-state index < -0.39 is 11.0 Å². The van der Waals surface area contributed by atoms with Crippen LogP contribution in [0.4, 0.5) is 4.79 Å². The minimum Gasteiger partial charge on any atom is -0.444 e. The van der Waals surface area contributed by atoms with Crippen molar-refractivity contribution in [1.29, 1.82) is 0 Å². The maximum Gasteiger partial charge on any atom is 0.410 e. The molecular formula is C23H37N3O3. The van der Waals surface area contributed by atoms with Gasteiger partial charge in [-0.25, -0.2) is 4.79 Å². The lowest BCUT2D eigenvalue weighted by Crippen LogP contribution is -2.60. The zero-order valence-corrected chi connectivity index (χ0v) is 19.2. The summed E-state index contributed by atoms with van der Waals surface area (Å²) < 4.78 is 5.67. The fourth-order valence-corrected chi connectivity index (χ4v) is 3.99. The van der Waals surface area contributed by atoms with E-state index in [-0.39, 0.29) is 24.1 Å². The number of rotatable bonds is 4. The molecular weight excluding hydrogens is 366 g/mol. The molecule has 6 nitrogen and oxygen atoms in total. The number of ether oxygens (including phenoxy) is 1. The van der Waals surface area contributed by atoms with Gasteiger partial charge in [-0.05, 0) is 61.2 Å². The van der Waals surface area contributed by atoms with E-state index in [9.17, 15) is 9.59 Å². The first-order valence-corrected chi connectivity index (χ1v) is 10.3. The predicted molar refractivity (Wildman–Crippen MR) is 116 cm³/mol. The third kappa shape index (κ3) is 5.95. The van der Waals surface area contributed by atoms with Gasteiger partial charge in [-0.1, -0.05) is 30.3 Å². The van der Waals surface area contributed by atoms with Crippen molar-refractivity contribution >= 4 is 12.0 Å². The van der Waals surface area contributed by atoms with Crippen molar-refractivity contribution in [1.82, 2.24) is 14.7 Å². The largest absolute Gasteiger partial charge is 0.444 e. The zero-order chi connectivity index (χ0) is 22.0. The number of amides is 2. The van der Waals surface area contributed by atoms with E-state index >= 15 is 0 Å². The summed E-state index contributed by atoms with van der Waals surface area (Å²) in [5, 5.41) is 0. The van der Waals surface area contributed by atoms with E-state index in [1.165, 1.54) is 0 Å². The van der Waals surface area contributed by atoms with Crippen LogP contribution in [0.15, 0.2) is 30.3 Å². The van der Waals surface area contributed by atoms with Crippen molar-refractivity contribution in [2.75, 3.05) is 33.7 Å². The van der Waals surface area contributed by atoms with Crippen molar-refractivity contribution in [3.8, 4) is 0 Å². The van der Waals surface area contributed by atoms with E-state index in [4.69, 9.17) is 4.74 Å². The van der Waals surface area contributed by atoms with Gasteiger partial charge in [0.2, 0.25) is 5.91 Å². The Labute approximate surface area is 175 Å². The van der Waals surface area contributed by atoms with Gasteiger partial charge in [-0.3, -0.25) is 9.69 Å². The summed E-state index contributed by atoms with van der Waals surface area (Å²) >= 11 is 0. The van der Waals surface area contributed by atoms with Gasteiger partial charge in [0, 0.05) is 25.7 Å². The second-order valence-corrected chi connectivity index (χ2v) is 9.99. The van der Waals surface area contributed by atoms with Crippen LogP contribution >= 0.6 is 0 Å². The van der Waals surface area contributed by atoms with Crippen LogP contribution in [0.25, 0.3) is 0 Å². The van der Waals surface area contributed by atoms with Crippen molar-refractivity contribution in [2.24, 2.45) is 5.41 Å². The third-order valence-corrected chi connectivity index (χ3v) is 5.10. The lowest BCUT2D eigenvalue weighted by Gasteiger charge is -2.47. The zero-order valence-electron chi connectivity index (χ0n) is 19.2. The second-order valence-electron chi connectivity index (χ2n) is 9.99. The highest BCUT2D eigenvalue weighted by Gasteiger charge is 2.42. The third-order valence-electron chi connectivity index (χ3n) is 5.10. The molecule has 1 aliphatic heterocycles. The highest BCUT2D eigenvalue weighted by atomic mass is 16.6. The number of piperazine rings is 1. The molecule has 0 N–H and O–H groups in total. The first-order valence-electron chi connectivity index (χ1n) is 10.3. The molecule has 0 spiro atoms. The quantitative estimate of drug-likeness (QED) is 0.768. The van der Waals surface area contributed by atoms with E-state index in [1.807, 2.05) is 95.8 Å². The molecule has 0 saturated carbocycles. The molecule has 1 fully saturated rings. The molecule has 29 heavy (non-hydrogen) atoms. The van der Waals surface area contributed by atoms with Crippen LogP contribution < -0.4 is 0 Å². The highest BCUT2D eigenvalue weighted by molar-refractivity contribution is 5.83. The van der Waals surface area contributed by atoms with E-state index in [0.29, 0.717) is 19.6 Å². The van der Waals surface area contributed by atoms with Crippen LogP contribution in [-0.4, -0.2) is 72.1 Å². The average Bonchev–Trinajstić information content (AvgIpc) is 2.59. The van der Waals surface area contributed by atoms with E-state index in [1.54, 1.807) is 4.90 Å². The number of carbonyl (C=O) groups is 2. The molecule has 0 radical (unpaired) electrons. The minimum atomic E-state index is -0.567. The van der Waals surface area contributed by atoms with E-state index in [2.05, 4.69) is 0 Å². The molecule has 0 aromatic heterocycles. The molecule has 1 aliphatic rings. The molecule has 2 amide bonds. The first kappa shape index (κ1) is 23.2. The Bertz CT molecular complexity index is 710.